The molecule has 0 saturated carbocycles. The second-order valence-corrected chi connectivity index (χ2v) is 2.67. The Hall–Kier alpha value is -1.78. The third-order valence-electron chi connectivity index (χ3n) is 1.69. The molecule has 68 valence electrons. The molecule has 2 aromatic heterocycles. The standard InChI is InChI=1S/C8H9N3O2/c1-4-3-5-6(12-2)10-8(9)11-7(5)13-4/h3H,1-2H3,(H2,9,10,11). The molecule has 0 bridgehead atoms. The Bertz CT molecular complexity index is 450. The summed E-state index contributed by atoms with van der Waals surface area (Å²) < 4.78 is 10.3. The third kappa shape index (κ3) is 1.18. The lowest BCUT2D eigenvalue weighted by atomic mass is 10.3. The molecule has 13 heavy (non-hydrogen) atoms. The Labute approximate surface area is 74.5 Å². The van der Waals surface area contributed by atoms with Crippen molar-refractivity contribution in [2.75, 3.05) is 12.8 Å². The number of hydrogen-bond acceptors (Lipinski definition) is 5. The molecule has 0 spiro atoms. The van der Waals surface area contributed by atoms with E-state index < -0.39 is 0 Å². The highest BCUT2D eigenvalue weighted by Gasteiger charge is 2.10. The molecule has 0 aliphatic carbocycles. The van der Waals surface area contributed by atoms with Gasteiger partial charge in [0.25, 0.3) is 0 Å². The number of fused-ring (bicyclic) bond motifs is 1. The van der Waals surface area contributed by atoms with Crippen LogP contribution in [-0.4, -0.2) is 17.1 Å². The van der Waals surface area contributed by atoms with Gasteiger partial charge in [-0.2, -0.15) is 9.97 Å². The van der Waals surface area contributed by atoms with E-state index in [-0.39, 0.29) is 5.95 Å². The van der Waals surface area contributed by atoms with Crippen molar-refractivity contribution >= 4 is 17.0 Å². The molecule has 0 fully saturated rings. The van der Waals surface area contributed by atoms with Gasteiger partial charge in [0.1, 0.15) is 11.1 Å². The van der Waals surface area contributed by atoms with Gasteiger partial charge in [0.2, 0.25) is 17.5 Å². The molecule has 0 aromatic carbocycles. The fourth-order valence-corrected chi connectivity index (χ4v) is 1.19. The van der Waals surface area contributed by atoms with Crippen LogP contribution in [0.5, 0.6) is 5.88 Å². The summed E-state index contributed by atoms with van der Waals surface area (Å²) >= 11 is 0. The van der Waals surface area contributed by atoms with Crippen molar-refractivity contribution < 1.29 is 9.15 Å². The summed E-state index contributed by atoms with van der Waals surface area (Å²) in [6.07, 6.45) is 0. The molecule has 0 unspecified atom stereocenters. The molecule has 0 aliphatic heterocycles. The van der Waals surface area contributed by atoms with Gasteiger partial charge in [0.15, 0.2) is 0 Å². The van der Waals surface area contributed by atoms with Gasteiger partial charge in [0.05, 0.1) is 7.11 Å². The lowest BCUT2D eigenvalue weighted by Gasteiger charge is -1.98. The number of anilines is 1. The Kier molecular flexibility index (Phi) is 1.58. The van der Waals surface area contributed by atoms with Crippen LogP contribution in [0.25, 0.3) is 11.1 Å². The van der Waals surface area contributed by atoms with Crippen molar-refractivity contribution in [3.63, 3.8) is 0 Å². The van der Waals surface area contributed by atoms with Crippen molar-refractivity contribution in [3.05, 3.63) is 11.8 Å². The highest BCUT2D eigenvalue weighted by Crippen LogP contribution is 2.25. The fourth-order valence-electron chi connectivity index (χ4n) is 1.19. The highest BCUT2D eigenvalue weighted by atomic mass is 16.5. The topological polar surface area (TPSA) is 74.2 Å². The first kappa shape index (κ1) is 7.85. The van der Waals surface area contributed by atoms with Crippen LogP contribution in [0.4, 0.5) is 5.95 Å². The second-order valence-electron chi connectivity index (χ2n) is 2.67. The van der Waals surface area contributed by atoms with E-state index in [4.69, 9.17) is 14.9 Å². The summed E-state index contributed by atoms with van der Waals surface area (Å²) in [5, 5.41) is 0.745. The first-order valence-corrected chi connectivity index (χ1v) is 3.78. The summed E-state index contributed by atoms with van der Waals surface area (Å²) in [5.74, 6) is 1.35. The second kappa shape index (κ2) is 2.62. The zero-order chi connectivity index (χ0) is 9.42. The van der Waals surface area contributed by atoms with E-state index in [1.165, 1.54) is 7.11 Å². The highest BCUT2D eigenvalue weighted by molar-refractivity contribution is 5.80. The number of aromatic nitrogens is 2. The Morgan fingerprint density at radius 2 is 2.23 bits per heavy atom. The fraction of sp³-hybridized carbons (Fsp3) is 0.250. The van der Waals surface area contributed by atoms with E-state index in [9.17, 15) is 0 Å². The zero-order valence-corrected chi connectivity index (χ0v) is 7.37. The van der Waals surface area contributed by atoms with Gasteiger partial charge >= 0.3 is 0 Å². The Morgan fingerprint density at radius 3 is 2.92 bits per heavy atom. The van der Waals surface area contributed by atoms with Crippen LogP contribution >= 0.6 is 0 Å². The number of furan rings is 1. The van der Waals surface area contributed by atoms with Gasteiger partial charge in [-0.1, -0.05) is 0 Å². The Morgan fingerprint density at radius 1 is 1.46 bits per heavy atom. The van der Waals surface area contributed by atoms with Crippen LogP contribution in [0.15, 0.2) is 10.5 Å². The molecule has 5 heteroatoms. The maximum Gasteiger partial charge on any atom is 0.234 e. The van der Waals surface area contributed by atoms with E-state index in [1.807, 2.05) is 13.0 Å². The predicted molar refractivity (Wildman–Crippen MR) is 47.5 cm³/mol. The molecule has 0 amide bonds. The number of nitrogens with two attached hydrogens (primary N) is 1. The van der Waals surface area contributed by atoms with Gasteiger partial charge in [-0.3, -0.25) is 0 Å². The number of methoxy groups -OCH3 is 1. The lowest BCUT2D eigenvalue weighted by molar-refractivity contribution is 0.403. The number of hydrogen-bond donors (Lipinski definition) is 1. The largest absolute Gasteiger partial charge is 0.480 e. The van der Waals surface area contributed by atoms with Gasteiger partial charge in [-0.05, 0) is 13.0 Å². The predicted octanol–water partition coefficient (Wildman–Crippen LogP) is 1.12. The molecule has 2 heterocycles. The number of aryl methyl sites for hydroxylation is 1. The minimum Gasteiger partial charge on any atom is -0.480 e. The van der Waals surface area contributed by atoms with Crippen molar-refractivity contribution in [2.24, 2.45) is 0 Å². The summed E-state index contributed by atoms with van der Waals surface area (Å²) in [5.41, 5.74) is 5.91. The van der Waals surface area contributed by atoms with Crippen molar-refractivity contribution in [2.45, 2.75) is 6.92 Å². The van der Waals surface area contributed by atoms with Crippen LogP contribution in [0.2, 0.25) is 0 Å². The summed E-state index contributed by atoms with van der Waals surface area (Å²) in [7, 11) is 1.53. The van der Waals surface area contributed by atoms with E-state index in [0.29, 0.717) is 11.6 Å². The van der Waals surface area contributed by atoms with E-state index in [2.05, 4.69) is 9.97 Å². The molecular formula is C8H9N3O2. The average Bonchev–Trinajstić information content (AvgIpc) is 2.43. The number of nitrogen functional groups attached to an aromatic ring is 1. The summed E-state index contributed by atoms with van der Waals surface area (Å²) in [6.45, 7) is 1.83. The van der Waals surface area contributed by atoms with Gasteiger partial charge in [-0.15, -0.1) is 0 Å². The average molecular weight is 179 g/mol. The molecular weight excluding hydrogens is 170 g/mol. The maximum atomic E-state index is 5.45. The number of rotatable bonds is 1. The SMILES string of the molecule is COc1nc(N)nc2oc(C)cc12. The smallest absolute Gasteiger partial charge is 0.234 e. The van der Waals surface area contributed by atoms with Crippen LogP contribution in [0.1, 0.15) is 5.76 Å². The third-order valence-corrected chi connectivity index (χ3v) is 1.69. The molecule has 0 aliphatic rings. The van der Waals surface area contributed by atoms with Crippen LogP contribution in [0, 0.1) is 6.92 Å². The molecule has 0 radical (unpaired) electrons. The van der Waals surface area contributed by atoms with Gasteiger partial charge in [-0.25, -0.2) is 0 Å². The molecule has 2 rings (SSSR count). The van der Waals surface area contributed by atoms with Crippen LogP contribution in [-0.2, 0) is 0 Å². The monoisotopic (exact) mass is 179 g/mol. The van der Waals surface area contributed by atoms with E-state index >= 15 is 0 Å². The number of nitrogens with zero attached hydrogens (tertiary/aromatic N) is 2. The van der Waals surface area contributed by atoms with Crippen molar-refractivity contribution in [1.29, 1.82) is 0 Å². The maximum absolute atomic E-state index is 5.45. The molecule has 5 nitrogen and oxygen atoms in total. The molecule has 0 atom stereocenters. The molecule has 0 saturated heterocycles. The van der Waals surface area contributed by atoms with Crippen molar-refractivity contribution in [3.8, 4) is 5.88 Å². The normalized spacial score (nSPS) is 10.6. The molecule has 2 N–H and O–H groups in total. The van der Waals surface area contributed by atoms with Crippen molar-refractivity contribution in [1.82, 2.24) is 9.97 Å². The minimum absolute atomic E-state index is 0.152. The number of ether oxygens (including phenoxy) is 1. The Balaban J connectivity index is 2.80. The van der Waals surface area contributed by atoms with Crippen LogP contribution in [0.3, 0.4) is 0 Å². The van der Waals surface area contributed by atoms with Gasteiger partial charge in [0, 0.05) is 0 Å². The quantitative estimate of drug-likeness (QED) is 0.710. The summed E-state index contributed by atoms with van der Waals surface area (Å²) in [6, 6.07) is 1.81. The first-order valence-electron chi connectivity index (χ1n) is 3.78. The van der Waals surface area contributed by atoms with E-state index in [0.717, 1.165) is 11.1 Å². The van der Waals surface area contributed by atoms with Gasteiger partial charge < -0.3 is 14.9 Å². The minimum atomic E-state index is 0.152. The zero-order valence-electron chi connectivity index (χ0n) is 7.37. The lowest BCUT2D eigenvalue weighted by Crippen LogP contribution is -1.97. The molecule has 2 aromatic rings. The van der Waals surface area contributed by atoms with Crippen LogP contribution < -0.4 is 10.5 Å². The summed E-state index contributed by atoms with van der Waals surface area (Å²) in [4.78, 5) is 7.84. The first-order chi connectivity index (χ1) is 6.20. The van der Waals surface area contributed by atoms with E-state index in [1.54, 1.807) is 0 Å².